The van der Waals surface area contributed by atoms with Crippen LogP contribution in [0, 0.1) is 19.3 Å². The van der Waals surface area contributed by atoms with E-state index in [-0.39, 0.29) is 5.91 Å². The molecule has 1 aromatic carbocycles. The number of benzene rings is 1. The molecule has 1 aliphatic heterocycles. The number of nitrogens with one attached hydrogen (secondary N) is 1. The molecule has 1 saturated heterocycles. The van der Waals surface area contributed by atoms with Crippen LogP contribution in [0.4, 0.5) is 5.69 Å². The molecule has 0 spiro atoms. The van der Waals surface area contributed by atoms with Crippen molar-refractivity contribution in [2.45, 2.75) is 26.7 Å². The highest BCUT2D eigenvalue weighted by molar-refractivity contribution is 5.86. The summed E-state index contributed by atoms with van der Waals surface area (Å²) in [6.07, 6.45) is 3.31. The van der Waals surface area contributed by atoms with E-state index in [2.05, 4.69) is 38.4 Å². The van der Waals surface area contributed by atoms with Crippen molar-refractivity contribution in [1.82, 2.24) is 15.3 Å². The Morgan fingerprint density at radius 1 is 1.03 bits per heavy atom. The molecule has 3 aromatic rings. The van der Waals surface area contributed by atoms with Crippen LogP contribution in [-0.4, -0.2) is 35.5 Å². The second kappa shape index (κ2) is 8.66. The molecule has 3 heterocycles. The molecule has 1 amide bonds. The highest BCUT2D eigenvalue weighted by Crippen LogP contribution is 2.38. The molecule has 1 N–H and O–H groups in total. The van der Waals surface area contributed by atoms with Gasteiger partial charge in [0.25, 0.3) is 0 Å². The van der Waals surface area contributed by atoms with Crippen molar-refractivity contribution >= 4 is 11.6 Å². The first-order valence-electron chi connectivity index (χ1n) is 10.5. The molecule has 30 heavy (non-hydrogen) atoms. The average Bonchev–Trinajstić information content (AvgIpc) is 2.71. The number of anilines is 1. The Hall–Kier alpha value is -3.21. The van der Waals surface area contributed by atoms with Gasteiger partial charge in [-0.2, -0.15) is 0 Å². The van der Waals surface area contributed by atoms with Crippen LogP contribution in [0.1, 0.15) is 22.6 Å². The number of hydrogen-bond acceptors (Lipinski definition) is 4. The Morgan fingerprint density at radius 2 is 1.83 bits per heavy atom. The van der Waals surface area contributed by atoms with Gasteiger partial charge in [0.1, 0.15) is 0 Å². The van der Waals surface area contributed by atoms with Crippen LogP contribution in [-0.2, 0) is 17.6 Å². The molecule has 2 aromatic heterocycles. The van der Waals surface area contributed by atoms with Crippen molar-refractivity contribution < 1.29 is 4.79 Å². The van der Waals surface area contributed by atoms with Crippen LogP contribution >= 0.6 is 0 Å². The van der Waals surface area contributed by atoms with Crippen molar-refractivity contribution in [3.8, 4) is 0 Å². The van der Waals surface area contributed by atoms with Crippen LogP contribution in [0.15, 0.2) is 66.9 Å². The lowest BCUT2D eigenvalue weighted by molar-refractivity contribution is -0.132. The van der Waals surface area contributed by atoms with Crippen LogP contribution < -0.4 is 10.2 Å². The fourth-order valence-corrected chi connectivity index (χ4v) is 4.15. The molecule has 5 heteroatoms. The summed E-state index contributed by atoms with van der Waals surface area (Å²) in [5.74, 6) is 0.126. The summed E-state index contributed by atoms with van der Waals surface area (Å²) in [6, 6.07) is 20.4. The quantitative estimate of drug-likeness (QED) is 0.659. The van der Waals surface area contributed by atoms with E-state index >= 15 is 0 Å². The number of pyridine rings is 2. The number of nitrogens with zero attached hydrogens (tertiary/aromatic N) is 3. The molecule has 0 saturated carbocycles. The molecule has 154 valence electrons. The molecule has 4 rings (SSSR count). The van der Waals surface area contributed by atoms with Gasteiger partial charge < -0.3 is 10.2 Å². The molecule has 1 fully saturated rings. The van der Waals surface area contributed by atoms with Crippen molar-refractivity contribution in [3.05, 3.63) is 89.5 Å². The predicted molar refractivity (Wildman–Crippen MR) is 119 cm³/mol. The summed E-state index contributed by atoms with van der Waals surface area (Å²) in [4.78, 5) is 24.4. The lowest BCUT2D eigenvalue weighted by Crippen LogP contribution is -2.64. The third-order valence-electron chi connectivity index (χ3n) is 5.71. The van der Waals surface area contributed by atoms with E-state index in [1.54, 1.807) is 0 Å². The summed E-state index contributed by atoms with van der Waals surface area (Å²) in [5, 5.41) is 3.18. The van der Waals surface area contributed by atoms with Crippen molar-refractivity contribution in [2.75, 3.05) is 24.5 Å². The van der Waals surface area contributed by atoms with Crippen LogP contribution in [0.5, 0.6) is 0 Å². The summed E-state index contributed by atoms with van der Waals surface area (Å²) in [7, 11) is 0. The molecule has 5 nitrogen and oxygen atoms in total. The number of hydrogen-bond donors (Lipinski definition) is 1. The first-order valence-corrected chi connectivity index (χ1v) is 10.5. The molecule has 0 unspecified atom stereocenters. The van der Waals surface area contributed by atoms with Crippen molar-refractivity contribution in [1.29, 1.82) is 0 Å². The molecule has 0 bridgehead atoms. The van der Waals surface area contributed by atoms with E-state index < -0.39 is 5.41 Å². The van der Waals surface area contributed by atoms with Crippen LogP contribution in [0.25, 0.3) is 0 Å². The molecule has 0 atom stereocenters. The summed E-state index contributed by atoms with van der Waals surface area (Å²) in [6.45, 7) is 5.99. The van der Waals surface area contributed by atoms with Gasteiger partial charge in [0, 0.05) is 55.0 Å². The summed E-state index contributed by atoms with van der Waals surface area (Å²) >= 11 is 0. The largest absolute Gasteiger partial charge is 0.369 e. The fraction of sp³-hybridized carbons (Fsp3) is 0.320. The van der Waals surface area contributed by atoms with Gasteiger partial charge >= 0.3 is 0 Å². The number of amides is 1. The van der Waals surface area contributed by atoms with E-state index in [1.807, 2.05) is 62.5 Å². The average molecular weight is 401 g/mol. The number of carbonyl (C=O) groups excluding carboxylic acids is 1. The molecular weight excluding hydrogens is 372 g/mol. The minimum atomic E-state index is -0.418. The van der Waals surface area contributed by atoms with Gasteiger partial charge in [-0.3, -0.25) is 14.8 Å². The van der Waals surface area contributed by atoms with E-state index in [0.717, 1.165) is 35.6 Å². The number of aromatic nitrogens is 2. The zero-order valence-electron chi connectivity index (χ0n) is 17.6. The highest BCUT2D eigenvalue weighted by atomic mass is 16.2. The topological polar surface area (TPSA) is 58.1 Å². The Bertz CT molecular complexity index is 1010. The van der Waals surface area contributed by atoms with E-state index in [1.165, 1.54) is 5.56 Å². The standard InChI is InChI=1S/C25H28N4O/c1-19-7-6-10-22(28-19)11-13-27-24(30)25(16-21-8-4-3-5-9-21)17-29(18-25)23-12-14-26-20(2)15-23/h3-10,12,14-15H,11,13,16-18H2,1-2H3,(H,27,30). The predicted octanol–water partition coefficient (Wildman–Crippen LogP) is 3.50. The van der Waals surface area contributed by atoms with Crippen molar-refractivity contribution in [3.63, 3.8) is 0 Å². The fourth-order valence-electron chi connectivity index (χ4n) is 4.15. The van der Waals surface area contributed by atoms with Crippen LogP contribution in [0.3, 0.4) is 0 Å². The smallest absolute Gasteiger partial charge is 0.230 e. The lowest BCUT2D eigenvalue weighted by Gasteiger charge is -2.50. The van der Waals surface area contributed by atoms with Crippen LogP contribution in [0.2, 0.25) is 0 Å². The van der Waals surface area contributed by atoms with Gasteiger partial charge in [-0.25, -0.2) is 0 Å². The third-order valence-corrected chi connectivity index (χ3v) is 5.71. The van der Waals surface area contributed by atoms with Gasteiger partial charge in [-0.1, -0.05) is 36.4 Å². The maximum Gasteiger partial charge on any atom is 0.230 e. The number of carbonyl (C=O) groups is 1. The van der Waals surface area contributed by atoms with Crippen molar-refractivity contribution in [2.24, 2.45) is 5.41 Å². The normalized spacial score (nSPS) is 14.8. The van der Waals surface area contributed by atoms with Gasteiger partial charge in [-0.15, -0.1) is 0 Å². The monoisotopic (exact) mass is 400 g/mol. The Kier molecular flexibility index (Phi) is 5.79. The first-order chi connectivity index (χ1) is 14.5. The van der Waals surface area contributed by atoms with Gasteiger partial charge in [-0.05, 0) is 50.1 Å². The lowest BCUT2D eigenvalue weighted by atomic mass is 9.73. The summed E-state index contributed by atoms with van der Waals surface area (Å²) in [5.41, 5.74) is 4.90. The maximum absolute atomic E-state index is 13.3. The number of rotatable bonds is 7. The maximum atomic E-state index is 13.3. The minimum absolute atomic E-state index is 0.126. The zero-order valence-corrected chi connectivity index (χ0v) is 17.6. The second-order valence-electron chi connectivity index (χ2n) is 8.23. The Labute approximate surface area is 178 Å². The SMILES string of the molecule is Cc1cc(N2CC(Cc3ccccc3)(C(=O)NCCc3cccc(C)n3)C2)ccn1. The van der Waals surface area contributed by atoms with E-state index in [9.17, 15) is 4.79 Å². The van der Waals surface area contributed by atoms with Gasteiger partial charge in [0.2, 0.25) is 5.91 Å². The number of aryl methyl sites for hydroxylation is 2. The zero-order chi connectivity index (χ0) is 21.0. The minimum Gasteiger partial charge on any atom is -0.369 e. The third kappa shape index (κ3) is 4.51. The molecule has 0 aliphatic carbocycles. The molecular formula is C25H28N4O. The summed E-state index contributed by atoms with van der Waals surface area (Å²) < 4.78 is 0. The second-order valence-corrected chi connectivity index (χ2v) is 8.23. The molecule has 0 radical (unpaired) electrons. The highest BCUT2D eigenvalue weighted by Gasteiger charge is 2.49. The van der Waals surface area contributed by atoms with E-state index in [4.69, 9.17) is 0 Å². The first kappa shape index (κ1) is 20.1. The van der Waals surface area contributed by atoms with Gasteiger partial charge in [0.05, 0.1) is 5.41 Å². The Morgan fingerprint density at radius 3 is 2.57 bits per heavy atom. The molecule has 1 aliphatic rings. The van der Waals surface area contributed by atoms with Gasteiger partial charge in [0.15, 0.2) is 0 Å². The van der Waals surface area contributed by atoms with E-state index in [0.29, 0.717) is 19.6 Å². The Balaban J connectivity index is 1.44.